The Morgan fingerprint density at radius 3 is 2.69 bits per heavy atom. The third-order valence-corrected chi connectivity index (χ3v) is 5.33. The molecule has 0 fully saturated rings. The first-order chi connectivity index (χ1) is 15.6. The van der Waals surface area contributed by atoms with Gasteiger partial charge >= 0.3 is 0 Å². The second kappa shape index (κ2) is 9.47. The summed E-state index contributed by atoms with van der Waals surface area (Å²) in [7, 11) is 1.59. The van der Waals surface area contributed by atoms with E-state index in [1.165, 1.54) is 16.5 Å². The van der Waals surface area contributed by atoms with Crippen LogP contribution in [0, 0.1) is 0 Å². The van der Waals surface area contributed by atoms with Gasteiger partial charge in [-0.3, -0.25) is 14.2 Å². The van der Waals surface area contributed by atoms with Crippen LogP contribution in [0.5, 0.6) is 5.75 Å². The molecule has 8 heteroatoms. The quantitative estimate of drug-likeness (QED) is 0.459. The molecule has 2 aromatic heterocycles. The lowest BCUT2D eigenvalue weighted by Gasteiger charge is -2.10. The van der Waals surface area contributed by atoms with Crippen molar-refractivity contribution in [1.82, 2.24) is 20.0 Å². The lowest BCUT2D eigenvalue weighted by Crippen LogP contribution is -2.27. The van der Waals surface area contributed by atoms with Gasteiger partial charge in [0.25, 0.3) is 11.1 Å². The minimum absolute atomic E-state index is 0.0801. The second-order valence-electron chi connectivity index (χ2n) is 7.34. The van der Waals surface area contributed by atoms with Gasteiger partial charge < -0.3 is 14.6 Å². The van der Waals surface area contributed by atoms with Gasteiger partial charge in [-0.1, -0.05) is 54.5 Å². The lowest BCUT2D eigenvalue weighted by molar-refractivity contribution is -0.121. The van der Waals surface area contributed by atoms with Crippen LogP contribution < -0.4 is 15.6 Å². The highest BCUT2D eigenvalue weighted by atomic mass is 16.5. The first-order valence-corrected chi connectivity index (χ1v) is 10.4. The Bertz CT molecular complexity index is 1290. The number of fused-ring (bicyclic) bond motifs is 1. The van der Waals surface area contributed by atoms with E-state index in [4.69, 9.17) is 9.26 Å². The monoisotopic (exact) mass is 432 g/mol. The second-order valence-corrected chi connectivity index (χ2v) is 7.34. The van der Waals surface area contributed by atoms with Crippen LogP contribution >= 0.6 is 0 Å². The molecule has 0 unspecified atom stereocenters. The van der Waals surface area contributed by atoms with E-state index in [1.54, 1.807) is 7.11 Å². The Balaban J connectivity index is 1.44. The van der Waals surface area contributed by atoms with Crippen LogP contribution in [-0.4, -0.2) is 27.7 Å². The van der Waals surface area contributed by atoms with E-state index in [9.17, 15) is 9.59 Å². The number of aromatic nitrogens is 3. The number of hydrogen-bond acceptors (Lipinski definition) is 6. The summed E-state index contributed by atoms with van der Waals surface area (Å²) in [6.45, 7) is 2.61. The Hall–Kier alpha value is -3.94. The number of nitrogens with one attached hydrogen (secondary N) is 1. The Morgan fingerprint density at radius 2 is 1.94 bits per heavy atom. The van der Waals surface area contributed by atoms with Crippen molar-refractivity contribution in [2.75, 3.05) is 7.11 Å². The molecule has 0 saturated heterocycles. The maximum Gasteiger partial charge on any atom is 0.299 e. The third-order valence-electron chi connectivity index (χ3n) is 5.33. The maximum atomic E-state index is 12.8. The molecule has 4 aromatic rings. The van der Waals surface area contributed by atoms with Gasteiger partial charge in [-0.25, -0.2) is 4.98 Å². The number of para-hydroxylation sites is 1. The zero-order valence-electron chi connectivity index (χ0n) is 18.0. The lowest BCUT2D eigenvalue weighted by atomic mass is 10.1. The topological polar surface area (TPSA) is 99.2 Å². The molecular formula is C24H24N4O4. The molecule has 2 aromatic carbocycles. The number of amides is 1. The van der Waals surface area contributed by atoms with Crippen molar-refractivity contribution in [3.63, 3.8) is 0 Å². The van der Waals surface area contributed by atoms with Gasteiger partial charge in [0.1, 0.15) is 17.0 Å². The van der Waals surface area contributed by atoms with Gasteiger partial charge in [0.15, 0.2) is 0 Å². The number of aryl methyl sites for hydroxylation is 2. The molecule has 0 aliphatic rings. The number of hydrogen-bond donors (Lipinski definition) is 1. The van der Waals surface area contributed by atoms with E-state index >= 15 is 0 Å². The average molecular weight is 432 g/mol. The zero-order chi connectivity index (χ0) is 22.5. The fourth-order valence-electron chi connectivity index (χ4n) is 3.46. The zero-order valence-corrected chi connectivity index (χ0v) is 18.0. The molecule has 0 radical (unpaired) electrons. The van der Waals surface area contributed by atoms with Crippen molar-refractivity contribution in [3.05, 3.63) is 76.3 Å². The average Bonchev–Trinajstić information content (AvgIpc) is 3.27. The summed E-state index contributed by atoms with van der Waals surface area (Å²) in [5.74, 6) is 0.529. The maximum absolute atomic E-state index is 12.8. The molecule has 4 rings (SSSR count). The SMILES string of the molecule is CCc1ccc(-c2noc3c(=O)n(CCC(=O)NCc4ccccc4OC)cnc23)cc1. The van der Waals surface area contributed by atoms with Crippen molar-refractivity contribution in [3.8, 4) is 17.0 Å². The van der Waals surface area contributed by atoms with Crippen LogP contribution in [0.25, 0.3) is 22.4 Å². The fraction of sp³-hybridized carbons (Fsp3) is 0.250. The smallest absolute Gasteiger partial charge is 0.299 e. The minimum atomic E-state index is -0.364. The Labute approximate surface area is 184 Å². The number of carbonyl (C=O) groups is 1. The van der Waals surface area contributed by atoms with Crippen molar-refractivity contribution in [2.24, 2.45) is 0 Å². The summed E-state index contributed by atoms with van der Waals surface area (Å²) in [4.78, 5) is 29.4. The van der Waals surface area contributed by atoms with Crippen LogP contribution in [0.2, 0.25) is 0 Å². The van der Waals surface area contributed by atoms with Crippen LogP contribution in [0.1, 0.15) is 24.5 Å². The fourth-order valence-corrected chi connectivity index (χ4v) is 3.46. The predicted octanol–water partition coefficient (Wildman–Crippen LogP) is 3.33. The molecule has 0 spiro atoms. The van der Waals surface area contributed by atoms with E-state index < -0.39 is 0 Å². The normalized spacial score (nSPS) is 10.9. The highest BCUT2D eigenvalue weighted by Crippen LogP contribution is 2.25. The van der Waals surface area contributed by atoms with Crippen LogP contribution in [-0.2, 0) is 24.3 Å². The van der Waals surface area contributed by atoms with Crippen LogP contribution in [0.4, 0.5) is 0 Å². The standard InChI is InChI=1S/C24H24N4O4/c1-3-16-8-10-17(11-9-16)21-22-23(32-27-21)24(30)28(15-26-22)13-12-20(29)25-14-18-6-4-5-7-19(18)31-2/h4-11,15H,3,12-14H2,1-2H3,(H,25,29). The van der Waals surface area contributed by atoms with Gasteiger partial charge in [0, 0.05) is 30.6 Å². The third kappa shape index (κ3) is 4.39. The summed E-state index contributed by atoms with van der Waals surface area (Å²) < 4.78 is 12.0. The van der Waals surface area contributed by atoms with Crippen LogP contribution in [0.15, 0.2) is 64.2 Å². The molecule has 164 valence electrons. The number of nitrogens with zero attached hydrogens (tertiary/aromatic N) is 3. The largest absolute Gasteiger partial charge is 0.496 e. The van der Waals surface area contributed by atoms with Crippen LogP contribution in [0.3, 0.4) is 0 Å². The number of rotatable bonds is 8. The first kappa shape index (κ1) is 21.3. The van der Waals surface area contributed by atoms with E-state index in [1.807, 2.05) is 48.5 Å². The molecule has 0 aliphatic heterocycles. The van der Waals surface area contributed by atoms with Gasteiger partial charge in [-0.05, 0) is 18.1 Å². The highest BCUT2D eigenvalue weighted by Gasteiger charge is 2.17. The minimum Gasteiger partial charge on any atom is -0.496 e. The van der Waals surface area contributed by atoms with E-state index in [2.05, 4.69) is 22.4 Å². The molecule has 1 amide bonds. The summed E-state index contributed by atoms with van der Waals surface area (Å²) >= 11 is 0. The van der Waals surface area contributed by atoms with E-state index in [-0.39, 0.29) is 30.0 Å². The molecule has 8 nitrogen and oxygen atoms in total. The number of carbonyl (C=O) groups excluding carboxylic acids is 1. The van der Waals surface area contributed by atoms with Gasteiger partial charge in [0.05, 0.1) is 13.4 Å². The van der Waals surface area contributed by atoms with Crippen molar-refractivity contribution < 1.29 is 14.1 Å². The van der Waals surface area contributed by atoms with Crippen molar-refractivity contribution in [1.29, 1.82) is 0 Å². The van der Waals surface area contributed by atoms with Gasteiger partial charge in [0.2, 0.25) is 5.91 Å². The van der Waals surface area contributed by atoms with Crippen molar-refractivity contribution in [2.45, 2.75) is 32.9 Å². The summed E-state index contributed by atoms with van der Waals surface area (Å²) in [5.41, 5.74) is 3.58. The first-order valence-electron chi connectivity index (χ1n) is 10.4. The summed E-state index contributed by atoms with van der Waals surface area (Å²) in [5, 5.41) is 6.90. The Kier molecular flexibility index (Phi) is 6.30. The van der Waals surface area contributed by atoms with E-state index in [0.29, 0.717) is 23.5 Å². The molecule has 0 aliphatic carbocycles. The van der Waals surface area contributed by atoms with E-state index in [0.717, 1.165) is 17.5 Å². The van der Waals surface area contributed by atoms with Gasteiger partial charge in [-0.15, -0.1) is 0 Å². The number of methoxy groups -OCH3 is 1. The predicted molar refractivity (Wildman–Crippen MR) is 120 cm³/mol. The van der Waals surface area contributed by atoms with Gasteiger partial charge in [-0.2, -0.15) is 0 Å². The highest BCUT2D eigenvalue weighted by molar-refractivity contribution is 5.87. The molecule has 0 saturated carbocycles. The molecule has 32 heavy (non-hydrogen) atoms. The molecule has 0 bridgehead atoms. The summed E-state index contributed by atoms with van der Waals surface area (Å²) in [6, 6.07) is 15.4. The Morgan fingerprint density at radius 1 is 1.16 bits per heavy atom. The van der Waals surface area contributed by atoms with Crippen molar-refractivity contribution >= 4 is 17.0 Å². The molecule has 2 heterocycles. The molecule has 1 N–H and O–H groups in total. The number of ether oxygens (including phenoxy) is 1. The molecular weight excluding hydrogens is 408 g/mol. The molecule has 0 atom stereocenters. The summed E-state index contributed by atoms with van der Waals surface area (Å²) in [6.07, 6.45) is 2.50. The number of benzene rings is 2.